The lowest BCUT2D eigenvalue weighted by Crippen LogP contribution is -2.34. The van der Waals surface area contributed by atoms with Gasteiger partial charge in [-0.1, -0.05) is 19.4 Å². The second-order valence-corrected chi connectivity index (χ2v) is 6.62. The lowest BCUT2D eigenvalue weighted by atomic mass is 9.83. The summed E-state index contributed by atoms with van der Waals surface area (Å²) >= 11 is 3.49. The third kappa shape index (κ3) is 3.58. The fourth-order valence-corrected chi connectivity index (χ4v) is 3.71. The van der Waals surface area contributed by atoms with Crippen LogP contribution in [0.15, 0.2) is 22.7 Å². The van der Waals surface area contributed by atoms with Crippen LogP contribution >= 0.6 is 15.9 Å². The van der Waals surface area contributed by atoms with E-state index in [4.69, 9.17) is 4.74 Å². The van der Waals surface area contributed by atoms with Crippen molar-refractivity contribution in [2.75, 3.05) is 20.2 Å². The highest BCUT2D eigenvalue weighted by Crippen LogP contribution is 2.36. The Morgan fingerprint density at radius 1 is 1.52 bits per heavy atom. The standard InChI is InChI=1S/C16H22BrNO3/c1-3-6-16(15(19)20)7-8-18(11-16)10-12-4-5-14(21-2)13(17)9-12/h4-5,9H,3,6-8,10-11H2,1-2H3,(H,19,20). The highest BCUT2D eigenvalue weighted by atomic mass is 79.9. The molecule has 1 N–H and O–H groups in total. The molecule has 4 nitrogen and oxygen atoms in total. The van der Waals surface area contributed by atoms with Crippen LogP contribution in [-0.4, -0.2) is 36.2 Å². The van der Waals surface area contributed by atoms with Crippen molar-refractivity contribution >= 4 is 21.9 Å². The molecule has 0 bridgehead atoms. The van der Waals surface area contributed by atoms with E-state index in [-0.39, 0.29) is 0 Å². The van der Waals surface area contributed by atoms with Crippen molar-refractivity contribution < 1.29 is 14.6 Å². The van der Waals surface area contributed by atoms with E-state index in [1.54, 1.807) is 7.11 Å². The Hall–Kier alpha value is -1.07. The Kier molecular flexibility index (Phi) is 5.27. The third-order valence-electron chi connectivity index (χ3n) is 4.24. The normalized spacial score (nSPS) is 22.4. The molecule has 2 rings (SSSR count). The molecule has 1 unspecified atom stereocenters. The Bertz CT molecular complexity index is 520. The summed E-state index contributed by atoms with van der Waals surface area (Å²) in [5.41, 5.74) is 0.610. The Labute approximate surface area is 134 Å². The van der Waals surface area contributed by atoms with Gasteiger partial charge in [0.25, 0.3) is 0 Å². The molecule has 116 valence electrons. The van der Waals surface area contributed by atoms with Crippen LogP contribution in [-0.2, 0) is 11.3 Å². The summed E-state index contributed by atoms with van der Waals surface area (Å²) in [6.45, 7) is 4.31. The number of rotatable bonds is 6. The smallest absolute Gasteiger partial charge is 0.310 e. The van der Waals surface area contributed by atoms with Crippen molar-refractivity contribution in [3.05, 3.63) is 28.2 Å². The summed E-state index contributed by atoms with van der Waals surface area (Å²) in [6, 6.07) is 6.01. The molecular formula is C16H22BrNO3. The van der Waals surface area contributed by atoms with E-state index < -0.39 is 11.4 Å². The van der Waals surface area contributed by atoms with Gasteiger partial charge in [0.15, 0.2) is 0 Å². The molecule has 1 aliphatic heterocycles. The van der Waals surface area contributed by atoms with E-state index in [1.807, 2.05) is 25.1 Å². The highest BCUT2D eigenvalue weighted by molar-refractivity contribution is 9.10. The van der Waals surface area contributed by atoms with Crippen molar-refractivity contribution in [3.63, 3.8) is 0 Å². The molecule has 1 heterocycles. The number of carboxylic acid groups (broad SMARTS) is 1. The molecule has 0 saturated carbocycles. The highest BCUT2D eigenvalue weighted by Gasteiger charge is 2.43. The first kappa shape index (κ1) is 16.3. The van der Waals surface area contributed by atoms with Gasteiger partial charge in [-0.2, -0.15) is 0 Å². The molecule has 5 heteroatoms. The number of benzene rings is 1. The second kappa shape index (κ2) is 6.79. The number of methoxy groups -OCH3 is 1. The SMILES string of the molecule is CCCC1(C(=O)O)CCN(Cc2ccc(OC)c(Br)c2)C1. The lowest BCUT2D eigenvalue weighted by Gasteiger charge is -2.24. The van der Waals surface area contributed by atoms with Gasteiger partial charge in [-0.3, -0.25) is 9.69 Å². The van der Waals surface area contributed by atoms with Gasteiger partial charge in [-0.25, -0.2) is 0 Å². The van der Waals surface area contributed by atoms with Gasteiger partial charge < -0.3 is 9.84 Å². The predicted molar refractivity (Wildman–Crippen MR) is 85.6 cm³/mol. The van der Waals surface area contributed by atoms with E-state index >= 15 is 0 Å². The number of ether oxygens (including phenoxy) is 1. The van der Waals surface area contributed by atoms with Crippen molar-refractivity contribution in [1.82, 2.24) is 4.90 Å². The fraction of sp³-hybridized carbons (Fsp3) is 0.562. The van der Waals surface area contributed by atoms with Crippen LogP contribution < -0.4 is 4.74 Å². The molecule has 21 heavy (non-hydrogen) atoms. The first-order valence-corrected chi connectivity index (χ1v) is 8.08. The van der Waals surface area contributed by atoms with Crippen LogP contribution in [0.5, 0.6) is 5.75 Å². The number of carboxylic acids is 1. The number of likely N-dealkylation sites (tertiary alicyclic amines) is 1. The summed E-state index contributed by atoms with van der Waals surface area (Å²) in [5, 5.41) is 9.54. The maximum Gasteiger partial charge on any atom is 0.310 e. The van der Waals surface area contributed by atoms with E-state index in [1.165, 1.54) is 5.56 Å². The largest absolute Gasteiger partial charge is 0.496 e. The molecule has 0 aromatic heterocycles. The maximum atomic E-state index is 11.6. The number of nitrogens with zero attached hydrogens (tertiary/aromatic N) is 1. The van der Waals surface area contributed by atoms with Gasteiger partial charge in [-0.15, -0.1) is 0 Å². The molecule has 1 saturated heterocycles. The molecular weight excluding hydrogens is 334 g/mol. The third-order valence-corrected chi connectivity index (χ3v) is 4.86. The van der Waals surface area contributed by atoms with Crippen molar-refractivity contribution in [2.45, 2.75) is 32.7 Å². The number of carbonyl (C=O) groups is 1. The zero-order chi connectivity index (χ0) is 15.5. The zero-order valence-corrected chi connectivity index (χ0v) is 14.1. The van der Waals surface area contributed by atoms with Crippen LogP contribution in [0.3, 0.4) is 0 Å². The molecule has 1 fully saturated rings. The van der Waals surface area contributed by atoms with E-state index in [2.05, 4.69) is 20.8 Å². The van der Waals surface area contributed by atoms with Crippen LogP contribution in [0, 0.1) is 5.41 Å². The van der Waals surface area contributed by atoms with Crippen molar-refractivity contribution in [3.8, 4) is 5.75 Å². The van der Waals surface area contributed by atoms with Crippen molar-refractivity contribution in [2.24, 2.45) is 5.41 Å². The van der Waals surface area contributed by atoms with E-state index in [0.29, 0.717) is 6.54 Å². The number of aliphatic carboxylic acids is 1. The monoisotopic (exact) mass is 355 g/mol. The number of hydrogen-bond donors (Lipinski definition) is 1. The van der Waals surface area contributed by atoms with Gasteiger partial charge in [0.05, 0.1) is 17.0 Å². The average Bonchev–Trinajstić information content (AvgIpc) is 2.84. The lowest BCUT2D eigenvalue weighted by molar-refractivity contribution is -0.148. The average molecular weight is 356 g/mol. The molecule has 0 aliphatic carbocycles. The van der Waals surface area contributed by atoms with Gasteiger partial charge in [-0.05, 0) is 53.0 Å². The van der Waals surface area contributed by atoms with Gasteiger partial charge in [0.2, 0.25) is 0 Å². The predicted octanol–water partition coefficient (Wildman–Crippen LogP) is 3.53. The molecule has 1 aliphatic rings. The van der Waals surface area contributed by atoms with Crippen LogP contribution in [0.1, 0.15) is 31.7 Å². The molecule has 1 aromatic carbocycles. The van der Waals surface area contributed by atoms with Gasteiger partial charge in [0.1, 0.15) is 5.75 Å². The van der Waals surface area contributed by atoms with Gasteiger partial charge >= 0.3 is 5.97 Å². The Balaban J connectivity index is 2.05. The quantitative estimate of drug-likeness (QED) is 0.847. The molecule has 1 aromatic rings. The topological polar surface area (TPSA) is 49.8 Å². The summed E-state index contributed by atoms with van der Waals surface area (Å²) < 4.78 is 6.16. The van der Waals surface area contributed by atoms with Crippen molar-refractivity contribution in [1.29, 1.82) is 0 Å². The minimum absolute atomic E-state index is 0.557. The molecule has 1 atom stereocenters. The van der Waals surface area contributed by atoms with E-state index in [0.717, 1.165) is 42.6 Å². The first-order valence-electron chi connectivity index (χ1n) is 7.29. The maximum absolute atomic E-state index is 11.6. The molecule has 0 amide bonds. The number of hydrogen-bond acceptors (Lipinski definition) is 3. The fourth-order valence-electron chi connectivity index (χ4n) is 3.12. The minimum Gasteiger partial charge on any atom is -0.496 e. The van der Waals surface area contributed by atoms with Crippen LogP contribution in [0.2, 0.25) is 0 Å². The number of halogens is 1. The zero-order valence-electron chi connectivity index (χ0n) is 12.6. The minimum atomic E-state index is -0.650. The second-order valence-electron chi connectivity index (χ2n) is 5.77. The van der Waals surface area contributed by atoms with Crippen LogP contribution in [0.25, 0.3) is 0 Å². The first-order chi connectivity index (χ1) is 10.0. The Morgan fingerprint density at radius 3 is 2.86 bits per heavy atom. The van der Waals surface area contributed by atoms with E-state index in [9.17, 15) is 9.90 Å². The summed E-state index contributed by atoms with van der Waals surface area (Å²) in [5.74, 6) is 0.161. The molecule has 0 radical (unpaired) electrons. The molecule has 0 spiro atoms. The summed E-state index contributed by atoms with van der Waals surface area (Å²) in [7, 11) is 1.65. The summed E-state index contributed by atoms with van der Waals surface area (Å²) in [6.07, 6.45) is 2.41. The van der Waals surface area contributed by atoms with Gasteiger partial charge in [0, 0.05) is 13.1 Å². The Morgan fingerprint density at radius 2 is 2.29 bits per heavy atom. The summed E-state index contributed by atoms with van der Waals surface area (Å²) in [4.78, 5) is 13.8. The van der Waals surface area contributed by atoms with Crippen LogP contribution in [0.4, 0.5) is 0 Å².